The molecule has 0 saturated heterocycles. The molecule has 1 aromatic heterocycles. The van der Waals surface area contributed by atoms with Gasteiger partial charge in [-0.3, -0.25) is 4.79 Å². The lowest BCUT2D eigenvalue weighted by Gasteiger charge is -2.24. The van der Waals surface area contributed by atoms with Gasteiger partial charge in [0, 0.05) is 30.9 Å². The first-order chi connectivity index (χ1) is 9.03. The van der Waals surface area contributed by atoms with E-state index in [-0.39, 0.29) is 11.9 Å². The highest BCUT2D eigenvalue weighted by Crippen LogP contribution is 2.15. The van der Waals surface area contributed by atoms with Gasteiger partial charge in [-0.2, -0.15) is 0 Å². The van der Waals surface area contributed by atoms with E-state index in [9.17, 15) is 4.79 Å². The van der Waals surface area contributed by atoms with Gasteiger partial charge < -0.3 is 10.2 Å². The summed E-state index contributed by atoms with van der Waals surface area (Å²) in [5.74, 6) is 0.841. The third-order valence-corrected chi connectivity index (χ3v) is 3.42. The standard InChI is InChI=1S/C15H25N3O/c1-6-11(4)18(5)15(19)12-9-13(7-2)17-14(10-12)16-8-3/h9-11H,6-8H2,1-5H3,(H,16,17). The normalized spacial score (nSPS) is 12.1. The summed E-state index contributed by atoms with van der Waals surface area (Å²) in [7, 11) is 1.86. The summed E-state index contributed by atoms with van der Waals surface area (Å²) < 4.78 is 0. The van der Waals surface area contributed by atoms with Crippen molar-refractivity contribution in [1.29, 1.82) is 0 Å². The predicted molar refractivity (Wildman–Crippen MR) is 79.6 cm³/mol. The number of carbonyl (C=O) groups is 1. The highest BCUT2D eigenvalue weighted by molar-refractivity contribution is 5.95. The highest BCUT2D eigenvalue weighted by Gasteiger charge is 2.17. The lowest BCUT2D eigenvalue weighted by molar-refractivity contribution is 0.0740. The maximum atomic E-state index is 12.4. The monoisotopic (exact) mass is 263 g/mol. The fourth-order valence-corrected chi connectivity index (χ4v) is 1.84. The van der Waals surface area contributed by atoms with E-state index in [0.717, 1.165) is 30.9 Å². The van der Waals surface area contributed by atoms with Gasteiger partial charge in [0.05, 0.1) is 0 Å². The van der Waals surface area contributed by atoms with E-state index in [0.29, 0.717) is 5.56 Å². The Hall–Kier alpha value is -1.58. The molecular weight excluding hydrogens is 238 g/mol. The van der Waals surface area contributed by atoms with Crippen molar-refractivity contribution in [2.24, 2.45) is 0 Å². The van der Waals surface area contributed by atoms with E-state index in [1.807, 2.05) is 33.0 Å². The Kier molecular flexibility index (Phi) is 5.80. The number of aromatic nitrogens is 1. The van der Waals surface area contributed by atoms with Crippen molar-refractivity contribution in [3.8, 4) is 0 Å². The van der Waals surface area contributed by atoms with Crippen LogP contribution in [-0.4, -0.2) is 35.4 Å². The fourth-order valence-electron chi connectivity index (χ4n) is 1.84. The molecule has 4 heteroatoms. The summed E-state index contributed by atoms with van der Waals surface area (Å²) in [5.41, 5.74) is 1.66. The molecule has 0 bridgehead atoms. The average molecular weight is 263 g/mol. The zero-order valence-corrected chi connectivity index (χ0v) is 12.7. The van der Waals surface area contributed by atoms with E-state index in [1.54, 1.807) is 4.90 Å². The van der Waals surface area contributed by atoms with Crippen molar-refractivity contribution in [3.63, 3.8) is 0 Å². The molecular formula is C15H25N3O. The smallest absolute Gasteiger partial charge is 0.254 e. The van der Waals surface area contributed by atoms with Crippen LogP contribution >= 0.6 is 0 Å². The van der Waals surface area contributed by atoms with Crippen molar-refractivity contribution in [3.05, 3.63) is 23.4 Å². The molecule has 1 aromatic rings. The molecule has 1 unspecified atom stereocenters. The number of anilines is 1. The quantitative estimate of drug-likeness (QED) is 0.858. The van der Waals surface area contributed by atoms with Crippen LogP contribution in [-0.2, 0) is 6.42 Å². The lowest BCUT2D eigenvalue weighted by Crippen LogP contribution is -2.34. The van der Waals surface area contributed by atoms with E-state index in [4.69, 9.17) is 0 Å². The molecule has 106 valence electrons. The second-order valence-corrected chi connectivity index (χ2v) is 4.79. The zero-order valence-electron chi connectivity index (χ0n) is 12.7. The Morgan fingerprint density at radius 1 is 1.37 bits per heavy atom. The number of hydrogen-bond donors (Lipinski definition) is 1. The molecule has 1 N–H and O–H groups in total. The highest BCUT2D eigenvalue weighted by atomic mass is 16.2. The van der Waals surface area contributed by atoms with E-state index < -0.39 is 0 Å². The topological polar surface area (TPSA) is 45.2 Å². The Labute approximate surface area is 116 Å². The predicted octanol–water partition coefficient (Wildman–Crippen LogP) is 2.95. The number of amides is 1. The van der Waals surface area contributed by atoms with Crippen LogP contribution in [0.25, 0.3) is 0 Å². The molecule has 0 saturated carbocycles. The minimum Gasteiger partial charge on any atom is -0.370 e. The second kappa shape index (κ2) is 7.12. The van der Waals surface area contributed by atoms with Crippen LogP contribution in [0.5, 0.6) is 0 Å². The van der Waals surface area contributed by atoms with Crippen LogP contribution in [0, 0.1) is 0 Å². The SMILES string of the molecule is CCNc1cc(C(=O)N(C)C(C)CC)cc(CC)n1. The first-order valence-corrected chi connectivity index (χ1v) is 7.05. The number of aryl methyl sites for hydroxylation is 1. The van der Waals surface area contributed by atoms with Crippen molar-refractivity contribution in [2.75, 3.05) is 18.9 Å². The van der Waals surface area contributed by atoms with Gasteiger partial charge in [-0.15, -0.1) is 0 Å². The summed E-state index contributed by atoms with van der Waals surface area (Å²) >= 11 is 0. The molecule has 1 heterocycles. The summed E-state index contributed by atoms with van der Waals surface area (Å²) in [5, 5.41) is 3.18. The Morgan fingerprint density at radius 2 is 2.05 bits per heavy atom. The summed E-state index contributed by atoms with van der Waals surface area (Å²) in [6.45, 7) is 9.01. The molecule has 19 heavy (non-hydrogen) atoms. The number of nitrogens with zero attached hydrogens (tertiary/aromatic N) is 2. The van der Waals surface area contributed by atoms with Crippen LogP contribution in [0.4, 0.5) is 5.82 Å². The summed E-state index contributed by atoms with van der Waals surface area (Å²) in [6.07, 6.45) is 1.78. The Bertz CT molecular complexity index is 431. The zero-order chi connectivity index (χ0) is 14.4. The van der Waals surface area contributed by atoms with Crippen LogP contribution < -0.4 is 5.32 Å². The van der Waals surface area contributed by atoms with E-state index in [2.05, 4.69) is 24.1 Å². The molecule has 0 spiro atoms. The molecule has 0 aliphatic heterocycles. The Balaban J connectivity index is 3.04. The van der Waals surface area contributed by atoms with Gasteiger partial charge in [0.2, 0.25) is 0 Å². The first-order valence-electron chi connectivity index (χ1n) is 7.05. The summed E-state index contributed by atoms with van der Waals surface area (Å²) in [4.78, 5) is 18.7. The maximum Gasteiger partial charge on any atom is 0.254 e. The van der Waals surface area contributed by atoms with Crippen LogP contribution in [0.15, 0.2) is 12.1 Å². The van der Waals surface area contributed by atoms with E-state index >= 15 is 0 Å². The van der Waals surface area contributed by atoms with Crippen LogP contribution in [0.2, 0.25) is 0 Å². The Morgan fingerprint density at radius 3 is 2.58 bits per heavy atom. The third-order valence-electron chi connectivity index (χ3n) is 3.42. The maximum absolute atomic E-state index is 12.4. The van der Waals surface area contributed by atoms with Crippen molar-refractivity contribution >= 4 is 11.7 Å². The fraction of sp³-hybridized carbons (Fsp3) is 0.600. The molecule has 1 atom stereocenters. The number of carbonyl (C=O) groups excluding carboxylic acids is 1. The van der Waals surface area contributed by atoms with Crippen molar-refractivity contribution < 1.29 is 4.79 Å². The third kappa shape index (κ3) is 3.94. The van der Waals surface area contributed by atoms with Crippen molar-refractivity contribution in [1.82, 2.24) is 9.88 Å². The second-order valence-electron chi connectivity index (χ2n) is 4.79. The van der Waals surface area contributed by atoms with Gasteiger partial charge in [-0.05, 0) is 38.8 Å². The largest absolute Gasteiger partial charge is 0.370 e. The molecule has 0 aromatic carbocycles. The lowest BCUT2D eigenvalue weighted by atomic mass is 10.1. The van der Waals surface area contributed by atoms with Crippen LogP contribution in [0.1, 0.15) is 50.2 Å². The molecule has 1 amide bonds. The number of hydrogen-bond acceptors (Lipinski definition) is 3. The average Bonchev–Trinajstić information content (AvgIpc) is 2.44. The molecule has 1 rings (SSSR count). The molecule has 0 fully saturated rings. The first kappa shape index (κ1) is 15.5. The van der Waals surface area contributed by atoms with Crippen LogP contribution in [0.3, 0.4) is 0 Å². The van der Waals surface area contributed by atoms with Gasteiger partial charge >= 0.3 is 0 Å². The minimum absolute atomic E-state index is 0.0607. The minimum atomic E-state index is 0.0607. The summed E-state index contributed by atoms with van der Waals surface area (Å²) in [6, 6.07) is 3.97. The molecule has 4 nitrogen and oxygen atoms in total. The van der Waals surface area contributed by atoms with Gasteiger partial charge in [-0.1, -0.05) is 13.8 Å². The van der Waals surface area contributed by atoms with Crippen molar-refractivity contribution in [2.45, 2.75) is 46.6 Å². The molecule has 0 radical (unpaired) electrons. The number of rotatable bonds is 6. The van der Waals surface area contributed by atoms with Gasteiger partial charge in [-0.25, -0.2) is 4.98 Å². The van der Waals surface area contributed by atoms with Gasteiger partial charge in [0.1, 0.15) is 5.82 Å². The molecule has 0 aliphatic rings. The van der Waals surface area contributed by atoms with Gasteiger partial charge in [0.25, 0.3) is 5.91 Å². The number of nitrogens with one attached hydrogen (secondary N) is 1. The molecule has 0 aliphatic carbocycles. The van der Waals surface area contributed by atoms with Gasteiger partial charge in [0.15, 0.2) is 0 Å². The van der Waals surface area contributed by atoms with E-state index in [1.165, 1.54) is 0 Å². The number of pyridine rings is 1.